The zero-order valence-corrected chi connectivity index (χ0v) is 17.0. The maximum atomic E-state index is 15.2. The number of phenolic OH excluding ortho intramolecular Hbond substituents is 1. The first-order valence-corrected chi connectivity index (χ1v) is 10.5. The molecular formula is C24H25FN4O. The van der Waals surface area contributed by atoms with Gasteiger partial charge in [0.15, 0.2) is 0 Å². The fourth-order valence-electron chi connectivity index (χ4n) is 5.06. The zero-order chi connectivity index (χ0) is 20.9. The van der Waals surface area contributed by atoms with E-state index in [-0.39, 0.29) is 23.2 Å². The van der Waals surface area contributed by atoms with Gasteiger partial charge in [-0.3, -0.25) is 4.98 Å². The number of hydrogen-bond acceptors (Lipinski definition) is 5. The number of piperidine rings is 2. The number of benzene rings is 1. The van der Waals surface area contributed by atoms with Crippen LogP contribution in [0.2, 0.25) is 0 Å². The van der Waals surface area contributed by atoms with E-state index >= 15 is 4.39 Å². The van der Waals surface area contributed by atoms with Gasteiger partial charge in [-0.05, 0) is 73.9 Å². The van der Waals surface area contributed by atoms with Gasteiger partial charge in [0.2, 0.25) is 0 Å². The second-order valence-corrected chi connectivity index (χ2v) is 8.88. The number of aromatic hydroxyl groups is 1. The number of nitrogens with one attached hydrogen (secondary N) is 1. The molecule has 0 spiro atoms. The van der Waals surface area contributed by atoms with Gasteiger partial charge in [-0.1, -0.05) is 6.58 Å². The van der Waals surface area contributed by atoms with Crippen molar-refractivity contribution in [1.82, 2.24) is 20.5 Å². The number of phenols is 1. The van der Waals surface area contributed by atoms with Gasteiger partial charge in [-0.2, -0.15) is 5.10 Å². The van der Waals surface area contributed by atoms with Crippen LogP contribution in [0, 0.1) is 5.92 Å². The monoisotopic (exact) mass is 404 g/mol. The highest BCUT2D eigenvalue weighted by molar-refractivity contribution is 5.89. The molecule has 2 bridgehead atoms. The smallest absolute Gasteiger partial charge is 0.125 e. The molecule has 154 valence electrons. The van der Waals surface area contributed by atoms with Crippen molar-refractivity contribution < 1.29 is 9.50 Å². The molecule has 2 saturated heterocycles. The van der Waals surface area contributed by atoms with Gasteiger partial charge < -0.3 is 10.4 Å². The number of nitrogens with zero attached hydrogens (tertiary/aromatic N) is 3. The molecule has 6 heteroatoms. The molecule has 3 aromatic rings. The third kappa shape index (κ3) is 3.25. The van der Waals surface area contributed by atoms with E-state index in [0.717, 1.165) is 30.0 Å². The molecule has 5 rings (SSSR count). The van der Waals surface area contributed by atoms with E-state index in [2.05, 4.69) is 34.0 Å². The molecule has 2 aliphatic heterocycles. The molecule has 4 heterocycles. The van der Waals surface area contributed by atoms with Crippen molar-refractivity contribution in [3.8, 4) is 17.0 Å². The number of alkyl halides is 1. The Balaban J connectivity index is 1.42. The van der Waals surface area contributed by atoms with Crippen molar-refractivity contribution in [3.05, 3.63) is 55.0 Å². The number of aromatic nitrogens is 3. The van der Waals surface area contributed by atoms with Crippen molar-refractivity contribution in [2.24, 2.45) is 5.92 Å². The summed E-state index contributed by atoms with van der Waals surface area (Å²) in [5.74, 6) is -0.137. The lowest BCUT2D eigenvalue weighted by Gasteiger charge is -2.49. The van der Waals surface area contributed by atoms with Crippen LogP contribution in [-0.2, 0) is 0 Å². The predicted octanol–water partition coefficient (Wildman–Crippen LogP) is 4.67. The summed E-state index contributed by atoms with van der Waals surface area (Å²) in [4.78, 5) is 4.08. The third-order valence-electron chi connectivity index (χ3n) is 6.69. The minimum atomic E-state index is -0.967. The fourth-order valence-corrected chi connectivity index (χ4v) is 5.06. The van der Waals surface area contributed by atoms with Gasteiger partial charge in [-0.25, -0.2) is 4.39 Å². The lowest BCUT2D eigenvalue weighted by atomic mass is 9.69. The van der Waals surface area contributed by atoms with Crippen LogP contribution in [-0.4, -0.2) is 38.0 Å². The number of rotatable bonds is 3. The summed E-state index contributed by atoms with van der Waals surface area (Å²) in [6.45, 7) is 6.37. The number of allylic oxidation sites excluding steroid dienone is 1. The normalized spacial score (nSPS) is 28.4. The van der Waals surface area contributed by atoms with Gasteiger partial charge in [-0.15, -0.1) is 5.10 Å². The first-order chi connectivity index (χ1) is 14.4. The fraction of sp³-hybridized carbons (Fsp3) is 0.375. The molecule has 2 N–H and O–H groups in total. The zero-order valence-electron chi connectivity index (χ0n) is 17.0. The molecule has 0 amide bonds. The molecule has 2 fully saturated rings. The van der Waals surface area contributed by atoms with Crippen LogP contribution in [0.25, 0.3) is 27.6 Å². The van der Waals surface area contributed by atoms with E-state index in [4.69, 9.17) is 0 Å². The minimum absolute atomic E-state index is 0.0434. The Morgan fingerprint density at radius 3 is 2.90 bits per heavy atom. The lowest BCUT2D eigenvalue weighted by Crippen LogP contribution is -2.62. The average molecular weight is 404 g/mol. The molecule has 4 atom stereocenters. The molecule has 2 aliphatic rings. The highest BCUT2D eigenvalue weighted by Crippen LogP contribution is 2.43. The topological polar surface area (TPSA) is 70.9 Å². The first kappa shape index (κ1) is 19.1. The standard InChI is InChI=1S/C24H25FN4O/c1-14(18-12-24(2)8-3-4-21(27-24)23(18)25)19-5-6-20(29-28-19)17-10-15-7-9-26-13-16(15)11-22(17)30/h5-7,9-11,13,18,21,23,27,30H,1,3-4,8,12H2,2H3/t18-,21-,23-,24+/m0/s1. The quantitative estimate of drug-likeness (QED) is 0.664. The van der Waals surface area contributed by atoms with Crippen LogP contribution < -0.4 is 5.32 Å². The van der Waals surface area contributed by atoms with Crippen LogP contribution >= 0.6 is 0 Å². The SMILES string of the molecule is C=C(c1ccc(-c2cc3ccncc3cc2O)nn1)[C@@H]1C[C@@]2(C)CCC[C@H](N2)[C@H]1F. The second-order valence-electron chi connectivity index (χ2n) is 8.88. The Labute approximate surface area is 175 Å². The summed E-state index contributed by atoms with van der Waals surface area (Å²) >= 11 is 0. The van der Waals surface area contributed by atoms with Gasteiger partial charge >= 0.3 is 0 Å². The number of halogens is 1. The molecule has 0 radical (unpaired) electrons. The predicted molar refractivity (Wildman–Crippen MR) is 116 cm³/mol. The van der Waals surface area contributed by atoms with Crippen molar-refractivity contribution in [2.75, 3.05) is 0 Å². The Kier molecular flexibility index (Phi) is 4.54. The van der Waals surface area contributed by atoms with Crippen LogP contribution in [0.15, 0.2) is 49.3 Å². The van der Waals surface area contributed by atoms with E-state index in [1.807, 2.05) is 24.3 Å². The largest absolute Gasteiger partial charge is 0.507 e. The lowest BCUT2D eigenvalue weighted by molar-refractivity contribution is 0.0525. The van der Waals surface area contributed by atoms with Crippen LogP contribution in [0.4, 0.5) is 4.39 Å². The number of fused-ring (bicyclic) bond motifs is 3. The summed E-state index contributed by atoms with van der Waals surface area (Å²) in [6.07, 6.45) is 6.15. The summed E-state index contributed by atoms with van der Waals surface area (Å²) in [5, 5.41) is 24.4. The number of pyridine rings is 1. The van der Waals surface area contributed by atoms with Crippen LogP contribution in [0.3, 0.4) is 0 Å². The first-order valence-electron chi connectivity index (χ1n) is 10.5. The minimum Gasteiger partial charge on any atom is -0.507 e. The molecule has 0 aliphatic carbocycles. The summed E-state index contributed by atoms with van der Waals surface area (Å²) in [5.41, 5.74) is 2.44. The van der Waals surface area contributed by atoms with Gasteiger partial charge in [0.1, 0.15) is 11.9 Å². The van der Waals surface area contributed by atoms with Gasteiger partial charge in [0.05, 0.1) is 11.4 Å². The molecule has 30 heavy (non-hydrogen) atoms. The number of hydrogen-bond donors (Lipinski definition) is 2. The molecule has 1 aromatic carbocycles. The van der Waals surface area contributed by atoms with E-state index in [1.54, 1.807) is 18.5 Å². The van der Waals surface area contributed by atoms with Crippen molar-refractivity contribution in [2.45, 2.75) is 50.4 Å². The summed E-state index contributed by atoms with van der Waals surface area (Å²) < 4.78 is 15.2. The average Bonchev–Trinajstić information content (AvgIpc) is 2.75. The van der Waals surface area contributed by atoms with Crippen molar-refractivity contribution >= 4 is 16.3 Å². The third-order valence-corrected chi connectivity index (χ3v) is 6.69. The highest BCUT2D eigenvalue weighted by atomic mass is 19.1. The van der Waals surface area contributed by atoms with E-state index in [0.29, 0.717) is 28.9 Å². The Morgan fingerprint density at radius 1 is 1.23 bits per heavy atom. The Hall–Kier alpha value is -2.86. The highest BCUT2D eigenvalue weighted by Gasteiger charge is 2.46. The molecular weight excluding hydrogens is 379 g/mol. The van der Waals surface area contributed by atoms with Crippen LogP contribution in [0.1, 0.15) is 38.3 Å². The summed E-state index contributed by atoms with van der Waals surface area (Å²) in [7, 11) is 0. The molecule has 0 unspecified atom stereocenters. The second kappa shape index (κ2) is 7.13. The van der Waals surface area contributed by atoms with Crippen LogP contribution in [0.5, 0.6) is 5.75 Å². The molecule has 5 nitrogen and oxygen atoms in total. The van der Waals surface area contributed by atoms with Crippen molar-refractivity contribution in [1.29, 1.82) is 0 Å². The Bertz CT molecular complexity index is 1120. The van der Waals surface area contributed by atoms with E-state index < -0.39 is 6.17 Å². The Morgan fingerprint density at radius 2 is 2.10 bits per heavy atom. The molecule has 0 saturated carbocycles. The van der Waals surface area contributed by atoms with E-state index in [1.165, 1.54) is 0 Å². The van der Waals surface area contributed by atoms with Gasteiger partial charge in [0, 0.05) is 40.8 Å². The maximum absolute atomic E-state index is 15.2. The van der Waals surface area contributed by atoms with Crippen molar-refractivity contribution in [3.63, 3.8) is 0 Å². The van der Waals surface area contributed by atoms with E-state index in [9.17, 15) is 5.11 Å². The van der Waals surface area contributed by atoms with Gasteiger partial charge in [0.25, 0.3) is 0 Å². The maximum Gasteiger partial charge on any atom is 0.125 e. The molecule has 2 aromatic heterocycles. The summed E-state index contributed by atoms with van der Waals surface area (Å²) in [6, 6.07) is 8.96.